The van der Waals surface area contributed by atoms with Gasteiger partial charge < -0.3 is 29.7 Å². The summed E-state index contributed by atoms with van der Waals surface area (Å²) in [5.74, 6) is -0.833. The summed E-state index contributed by atoms with van der Waals surface area (Å²) in [6.45, 7) is -0.103. The highest BCUT2D eigenvalue weighted by atomic mass is 32.2. The average molecular weight is 669 g/mol. The number of aromatic hydroxyl groups is 1. The third kappa shape index (κ3) is 7.29. The molecule has 0 saturated carbocycles. The fourth-order valence-electron chi connectivity index (χ4n) is 5.32. The van der Waals surface area contributed by atoms with Gasteiger partial charge in [0, 0.05) is 37.0 Å². The summed E-state index contributed by atoms with van der Waals surface area (Å²) >= 11 is 0. The van der Waals surface area contributed by atoms with E-state index in [1.54, 1.807) is 0 Å². The number of hydrogen-bond donors (Lipinski definition) is 4. The monoisotopic (exact) mass is 668 g/mol. The second kappa shape index (κ2) is 13.0. The molecule has 1 aromatic heterocycles. The van der Waals surface area contributed by atoms with Gasteiger partial charge in [-0.2, -0.15) is 4.31 Å². The van der Waals surface area contributed by atoms with Crippen molar-refractivity contribution >= 4 is 37.0 Å². The molecule has 14 nitrogen and oxygen atoms in total. The first kappa shape index (κ1) is 32.8. The number of hydrogen-bond acceptors (Lipinski definition) is 11. The Labute approximate surface area is 259 Å². The highest BCUT2D eigenvalue weighted by Gasteiger charge is 2.46. The van der Waals surface area contributed by atoms with Gasteiger partial charge in [-0.3, -0.25) is 4.98 Å². The Bertz CT molecular complexity index is 1780. The van der Waals surface area contributed by atoms with Crippen LogP contribution in [0.15, 0.2) is 58.5 Å². The Kier molecular flexibility index (Phi) is 9.48. The molecule has 2 aliphatic heterocycles. The summed E-state index contributed by atoms with van der Waals surface area (Å²) in [6, 6.07) is 9.23. The van der Waals surface area contributed by atoms with E-state index < -0.39 is 55.5 Å². The van der Waals surface area contributed by atoms with Gasteiger partial charge in [-0.1, -0.05) is 6.07 Å². The van der Waals surface area contributed by atoms with Crippen molar-refractivity contribution in [2.24, 2.45) is 0 Å². The number of fused-ring (bicyclic) bond motifs is 1. The lowest BCUT2D eigenvalue weighted by molar-refractivity contribution is -0.0325. The molecule has 0 bridgehead atoms. The highest BCUT2D eigenvalue weighted by Crippen LogP contribution is 2.40. The first-order valence-electron chi connectivity index (χ1n) is 14.0. The number of benzene rings is 2. The van der Waals surface area contributed by atoms with Crippen LogP contribution in [0.2, 0.25) is 0 Å². The number of carbonyl (C=O) groups excluding carboxylic acids is 1. The van der Waals surface area contributed by atoms with E-state index in [0.29, 0.717) is 19.3 Å². The van der Waals surface area contributed by atoms with Crippen molar-refractivity contribution in [3.8, 4) is 11.5 Å². The van der Waals surface area contributed by atoms with E-state index in [0.717, 1.165) is 18.3 Å². The van der Waals surface area contributed by atoms with E-state index >= 15 is 0 Å². The molecule has 2 atom stereocenters. The molecule has 1 unspecified atom stereocenters. The molecule has 2 aliphatic rings. The molecule has 0 radical (unpaired) electrons. The van der Waals surface area contributed by atoms with Gasteiger partial charge in [-0.25, -0.2) is 30.7 Å². The van der Waals surface area contributed by atoms with Gasteiger partial charge in [0.15, 0.2) is 0 Å². The number of rotatable bonds is 10. The van der Waals surface area contributed by atoms with Crippen LogP contribution in [0, 0.1) is 5.82 Å². The molecule has 2 saturated heterocycles. The summed E-state index contributed by atoms with van der Waals surface area (Å²) in [5, 5.41) is 23.4. The molecule has 3 aromatic rings. The molecule has 5 rings (SSSR count). The van der Waals surface area contributed by atoms with E-state index in [1.807, 2.05) is 0 Å². The predicted octanol–water partition coefficient (Wildman–Crippen LogP) is 1.47. The van der Waals surface area contributed by atoms with Crippen LogP contribution in [-0.4, -0.2) is 100 Å². The number of carbonyl (C=O) groups is 1. The van der Waals surface area contributed by atoms with Gasteiger partial charge in [0.2, 0.25) is 20.0 Å². The summed E-state index contributed by atoms with van der Waals surface area (Å²) in [5.41, 5.74) is -0.562. The molecular weight excluding hydrogens is 635 g/mol. The third-order valence-corrected chi connectivity index (χ3v) is 11.1. The molecule has 0 aliphatic carbocycles. The maximum atomic E-state index is 13.5. The molecule has 2 aromatic carbocycles. The maximum absolute atomic E-state index is 13.5. The van der Waals surface area contributed by atoms with Gasteiger partial charge in [0.1, 0.15) is 41.0 Å². The van der Waals surface area contributed by atoms with E-state index in [4.69, 9.17) is 14.2 Å². The molecule has 2 fully saturated rings. The van der Waals surface area contributed by atoms with Crippen molar-refractivity contribution in [2.45, 2.75) is 46.9 Å². The first-order chi connectivity index (χ1) is 21.3. The fraction of sp³-hybridized carbons (Fsp3) is 0.429. The fourth-order valence-corrected chi connectivity index (χ4v) is 7.56. The number of ether oxygens (including phenoxy) is 3. The van der Waals surface area contributed by atoms with Gasteiger partial charge >= 0.3 is 6.09 Å². The van der Waals surface area contributed by atoms with Gasteiger partial charge in [0.25, 0.3) is 0 Å². The van der Waals surface area contributed by atoms with Crippen molar-refractivity contribution in [3.05, 3.63) is 54.5 Å². The summed E-state index contributed by atoms with van der Waals surface area (Å²) < 4.78 is 84.4. The van der Waals surface area contributed by atoms with Crippen molar-refractivity contribution in [2.75, 3.05) is 39.9 Å². The van der Waals surface area contributed by atoms with E-state index in [-0.39, 0.29) is 59.3 Å². The van der Waals surface area contributed by atoms with E-state index in [1.165, 1.54) is 41.7 Å². The van der Waals surface area contributed by atoms with Crippen LogP contribution < -0.4 is 14.8 Å². The number of aromatic nitrogens is 1. The Morgan fingerprint density at radius 2 is 1.96 bits per heavy atom. The minimum Gasteiger partial charge on any atom is -0.506 e. The van der Waals surface area contributed by atoms with Crippen LogP contribution in [0.25, 0.3) is 10.9 Å². The number of nitrogens with zero attached hydrogens (tertiary/aromatic N) is 2. The molecular formula is C28H33FN4O10S2. The lowest BCUT2D eigenvalue weighted by atomic mass is 9.89. The molecule has 1 spiro atoms. The maximum Gasteiger partial charge on any atom is 0.407 e. The Morgan fingerprint density at radius 1 is 1.20 bits per heavy atom. The Hall–Kier alpha value is -3.61. The van der Waals surface area contributed by atoms with Crippen LogP contribution in [0.4, 0.5) is 9.18 Å². The Balaban J connectivity index is 1.08. The van der Waals surface area contributed by atoms with Crippen molar-refractivity contribution in [3.63, 3.8) is 0 Å². The quantitative estimate of drug-likeness (QED) is 0.244. The number of aliphatic hydroxyl groups excluding tert-OH is 1. The highest BCUT2D eigenvalue weighted by molar-refractivity contribution is 7.89. The zero-order chi connectivity index (χ0) is 32.4. The minimum atomic E-state index is -4.11. The van der Waals surface area contributed by atoms with E-state index in [2.05, 4.69) is 15.0 Å². The number of amides is 1. The standard InChI is InChI=1S/C28H33FN4O10S2/c1-30-44(37,38)22-4-2-3-20(12-22)41-16-19(34)14-32-27(36)43-21-13-28(42-17-21)7-9-33(10-8-28)45(39,40)25-15-31-24-11-18(29)5-6-23(24)26(25)35/h2-6,11-12,15,19,21,30,34H,7-10,13-14,16-17H2,1H3,(H,31,35)(H,32,36)/t19?,21-/m1/s1. The topological polar surface area (TPSA) is 194 Å². The largest absolute Gasteiger partial charge is 0.506 e. The second-order valence-electron chi connectivity index (χ2n) is 10.8. The zero-order valence-electron chi connectivity index (χ0n) is 24.2. The van der Waals surface area contributed by atoms with Crippen LogP contribution in [0.5, 0.6) is 11.5 Å². The number of halogens is 1. The second-order valence-corrected chi connectivity index (χ2v) is 14.6. The van der Waals surface area contributed by atoms with Crippen molar-refractivity contribution in [1.29, 1.82) is 0 Å². The van der Waals surface area contributed by atoms with Crippen LogP contribution in [0.3, 0.4) is 0 Å². The molecule has 1 amide bonds. The van der Waals surface area contributed by atoms with Gasteiger partial charge in [-0.15, -0.1) is 0 Å². The number of aliphatic hydroxyl groups is 1. The summed E-state index contributed by atoms with van der Waals surface area (Å²) in [6.07, 6.45) is -0.461. The first-order valence-corrected chi connectivity index (χ1v) is 16.9. The zero-order valence-corrected chi connectivity index (χ0v) is 25.8. The van der Waals surface area contributed by atoms with Gasteiger partial charge in [-0.05, 0) is 44.2 Å². The van der Waals surface area contributed by atoms with Crippen LogP contribution in [0.1, 0.15) is 19.3 Å². The molecule has 17 heteroatoms. The smallest absolute Gasteiger partial charge is 0.407 e. The third-order valence-electron chi connectivity index (χ3n) is 7.78. The van der Waals surface area contributed by atoms with Crippen LogP contribution >= 0.6 is 0 Å². The lowest BCUT2D eigenvalue weighted by Gasteiger charge is -2.37. The van der Waals surface area contributed by atoms with Crippen molar-refractivity contribution in [1.82, 2.24) is 19.3 Å². The lowest BCUT2D eigenvalue weighted by Crippen LogP contribution is -2.46. The SMILES string of the molecule is CNS(=O)(=O)c1cccc(OCC(O)CNC(=O)O[C@H]2COC3(CCN(S(=O)(=O)c4cnc5cc(F)ccc5c4O)CC3)C2)c1. The van der Waals surface area contributed by atoms with E-state index in [9.17, 15) is 36.2 Å². The molecule has 244 valence electrons. The number of pyridine rings is 1. The number of alkyl carbamates (subject to hydrolysis) is 1. The van der Waals surface area contributed by atoms with Crippen LogP contribution in [-0.2, 0) is 29.5 Å². The molecule has 4 N–H and O–H groups in total. The normalized spacial score (nSPS) is 19.4. The minimum absolute atomic E-state index is 0.00266. The molecule has 3 heterocycles. The van der Waals surface area contributed by atoms with Crippen molar-refractivity contribution < 1.29 is 50.4 Å². The number of piperidine rings is 1. The predicted molar refractivity (Wildman–Crippen MR) is 157 cm³/mol. The number of nitrogens with one attached hydrogen (secondary N) is 2. The summed E-state index contributed by atoms with van der Waals surface area (Å²) in [4.78, 5) is 16.0. The Morgan fingerprint density at radius 3 is 2.69 bits per heavy atom. The molecule has 45 heavy (non-hydrogen) atoms. The van der Waals surface area contributed by atoms with Gasteiger partial charge in [0.05, 0.1) is 35.4 Å². The summed E-state index contributed by atoms with van der Waals surface area (Å²) in [7, 11) is -6.48. The average Bonchev–Trinajstić information content (AvgIpc) is 3.40. The number of sulfonamides is 2.